The monoisotopic (exact) mass is 195 g/mol. The van der Waals surface area contributed by atoms with Crippen LogP contribution >= 0.6 is 0 Å². The molecule has 14 heavy (non-hydrogen) atoms. The molecule has 2 heteroatoms. The second-order valence-electron chi connectivity index (χ2n) is 4.53. The van der Waals surface area contributed by atoms with Crippen molar-refractivity contribution < 1.29 is 4.79 Å². The summed E-state index contributed by atoms with van der Waals surface area (Å²) >= 11 is 0. The van der Waals surface area contributed by atoms with E-state index in [9.17, 15) is 4.79 Å². The van der Waals surface area contributed by atoms with Crippen molar-refractivity contribution in [3.05, 3.63) is 11.6 Å². The van der Waals surface area contributed by atoms with Crippen LogP contribution in [0.2, 0.25) is 0 Å². The number of carbonyl (C=O) groups excluding carboxylic acids is 1. The summed E-state index contributed by atoms with van der Waals surface area (Å²) in [6.07, 6.45) is 7.82. The van der Waals surface area contributed by atoms with Crippen molar-refractivity contribution in [2.45, 2.75) is 51.5 Å². The van der Waals surface area contributed by atoms with Gasteiger partial charge in [0.05, 0.1) is 5.54 Å². The minimum atomic E-state index is -0.407. The van der Waals surface area contributed by atoms with Crippen LogP contribution in [0.5, 0.6) is 0 Å². The predicted octanol–water partition coefficient (Wildman–Crippen LogP) is 2.44. The van der Waals surface area contributed by atoms with Gasteiger partial charge in [-0.15, -0.1) is 0 Å². The van der Waals surface area contributed by atoms with Gasteiger partial charge in [0.2, 0.25) is 0 Å². The molecular formula is C12H21NO. The van der Waals surface area contributed by atoms with Gasteiger partial charge in [0, 0.05) is 0 Å². The highest BCUT2D eigenvalue weighted by Gasteiger charge is 2.27. The smallest absolute Gasteiger partial charge is 0.177 e. The molecule has 0 spiro atoms. The molecule has 1 rings (SSSR count). The van der Waals surface area contributed by atoms with Crippen LogP contribution in [0.1, 0.15) is 46.0 Å². The summed E-state index contributed by atoms with van der Waals surface area (Å²) in [6.45, 7) is 3.89. The highest BCUT2D eigenvalue weighted by Crippen LogP contribution is 2.21. The summed E-state index contributed by atoms with van der Waals surface area (Å²) in [5.74, 6) is 0.266. The van der Waals surface area contributed by atoms with Crippen molar-refractivity contribution in [2.24, 2.45) is 0 Å². The van der Waals surface area contributed by atoms with E-state index in [-0.39, 0.29) is 5.78 Å². The molecule has 0 heterocycles. The molecule has 80 valence electrons. The summed E-state index contributed by atoms with van der Waals surface area (Å²) in [6, 6.07) is 0. The van der Waals surface area contributed by atoms with Crippen molar-refractivity contribution in [3.63, 3.8) is 0 Å². The fourth-order valence-electron chi connectivity index (χ4n) is 1.74. The largest absolute Gasteiger partial charge is 0.308 e. The lowest BCUT2D eigenvalue weighted by atomic mass is 9.91. The molecule has 0 atom stereocenters. The number of nitrogens with one attached hydrogen (secondary N) is 1. The van der Waals surface area contributed by atoms with E-state index in [0.717, 1.165) is 24.8 Å². The summed E-state index contributed by atoms with van der Waals surface area (Å²) in [5, 5.41) is 3.07. The van der Waals surface area contributed by atoms with E-state index in [1.165, 1.54) is 12.8 Å². The van der Waals surface area contributed by atoms with E-state index in [2.05, 4.69) is 11.4 Å². The zero-order valence-corrected chi connectivity index (χ0v) is 9.52. The second-order valence-corrected chi connectivity index (χ2v) is 4.53. The third kappa shape index (κ3) is 2.68. The van der Waals surface area contributed by atoms with Gasteiger partial charge in [-0.2, -0.15) is 0 Å². The third-order valence-corrected chi connectivity index (χ3v) is 3.03. The van der Waals surface area contributed by atoms with Gasteiger partial charge >= 0.3 is 0 Å². The van der Waals surface area contributed by atoms with Gasteiger partial charge in [0.25, 0.3) is 0 Å². The molecule has 2 nitrogen and oxygen atoms in total. The first-order chi connectivity index (χ1) is 6.58. The first kappa shape index (κ1) is 11.4. The molecule has 0 saturated carbocycles. The summed E-state index contributed by atoms with van der Waals surface area (Å²) in [5.41, 5.74) is 0.623. The Morgan fingerprint density at radius 3 is 2.71 bits per heavy atom. The quantitative estimate of drug-likeness (QED) is 0.749. The van der Waals surface area contributed by atoms with Gasteiger partial charge in [-0.25, -0.2) is 0 Å². The number of likely N-dealkylation sites (N-methyl/N-ethyl adjacent to an activating group) is 1. The average Bonchev–Trinajstić information content (AvgIpc) is 2.44. The van der Waals surface area contributed by atoms with Gasteiger partial charge in [-0.1, -0.05) is 12.5 Å². The Bertz CT molecular complexity index is 241. The normalized spacial score (nSPS) is 18.6. The Labute approximate surface area is 86.8 Å². The molecule has 0 saturated heterocycles. The van der Waals surface area contributed by atoms with Gasteiger partial charge in [-0.05, 0) is 52.2 Å². The number of ketones is 1. The Morgan fingerprint density at radius 1 is 1.36 bits per heavy atom. The van der Waals surface area contributed by atoms with Gasteiger partial charge in [-0.3, -0.25) is 4.79 Å². The van der Waals surface area contributed by atoms with Crippen LogP contribution in [0.3, 0.4) is 0 Å². The standard InChI is InChI=1S/C12H21NO/c1-12(2,13-3)11(14)10-8-6-4-5-7-9-10/h8,13H,4-7,9H2,1-3H3. The summed E-state index contributed by atoms with van der Waals surface area (Å²) in [7, 11) is 1.84. The lowest BCUT2D eigenvalue weighted by Crippen LogP contribution is -2.45. The number of Topliss-reactive ketones (excluding diaryl/α,β-unsaturated/α-hetero) is 1. The van der Waals surface area contributed by atoms with Crippen LogP contribution in [0, 0.1) is 0 Å². The zero-order valence-electron chi connectivity index (χ0n) is 9.52. The number of rotatable bonds is 3. The predicted molar refractivity (Wildman–Crippen MR) is 59.3 cm³/mol. The second kappa shape index (κ2) is 4.74. The Hall–Kier alpha value is -0.630. The minimum Gasteiger partial charge on any atom is -0.308 e. The number of hydrogen-bond donors (Lipinski definition) is 1. The molecular weight excluding hydrogens is 174 g/mol. The average molecular weight is 195 g/mol. The number of hydrogen-bond acceptors (Lipinski definition) is 2. The number of carbonyl (C=O) groups is 1. The van der Waals surface area contributed by atoms with E-state index in [1.54, 1.807) is 0 Å². The van der Waals surface area contributed by atoms with Crippen molar-refractivity contribution in [1.82, 2.24) is 5.32 Å². The summed E-state index contributed by atoms with van der Waals surface area (Å²) < 4.78 is 0. The first-order valence-corrected chi connectivity index (χ1v) is 5.50. The van der Waals surface area contributed by atoms with Crippen LogP contribution in [0.4, 0.5) is 0 Å². The maximum absolute atomic E-state index is 12.1. The highest BCUT2D eigenvalue weighted by atomic mass is 16.1. The van der Waals surface area contributed by atoms with Crippen LogP contribution < -0.4 is 5.32 Å². The molecule has 0 aromatic rings. The minimum absolute atomic E-state index is 0.266. The molecule has 0 aromatic heterocycles. The van der Waals surface area contributed by atoms with Crippen molar-refractivity contribution in [3.8, 4) is 0 Å². The third-order valence-electron chi connectivity index (χ3n) is 3.03. The van der Waals surface area contributed by atoms with Crippen LogP contribution in [-0.2, 0) is 4.79 Å². The van der Waals surface area contributed by atoms with Crippen molar-refractivity contribution >= 4 is 5.78 Å². The Kier molecular flexibility index (Phi) is 3.87. The zero-order chi connectivity index (χ0) is 10.6. The topological polar surface area (TPSA) is 29.1 Å². The fraction of sp³-hybridized carbons (Fsp3) is 0.750. The van der Waals surface area contributed by atoms with Crippen molar-refractivity contribution in [1.29, 1.82) is 0 Å². The first-order valence-electron chi connectivity index (χ1n) is 5.50. The van der Waals surface area contributed by atoms with Crippen LogP contribution in [0.15, 0.2) is 11.6 Å². The molecule has 1 aliphatic carbocycles. The lowest BCUT2D eigenvalue weighted by molar-refractivity contribution is -0.120. The molecule has 0 fully saturated rings. The van der Waals surface area contributed by atoms with Gasteiger partial charge < -0.3 is 5.32 Å². The summed E-state index contributed by atoms with van der Waals surface area (Å²) in [4.78, 5) is 12.1. The van der Waals surface area contributed by atoms with E-state index >= 15 is 0 Å². The maximum Gasteiger partial charge on any atom is 0.177 e. The molecule has 0 radical (unpaired) electrons. The van der Waals surface area contributed by atoms with Gasteiger partial charge in [0.15, 0.2) is 5.78 Å². The van der Waals surface area contributed by atoms with E-state index in [4.69, 9.17) is 0 Å². The van der Waals surface area contributed by atoms with Crippen LogP contribution in [0.25, 0.3) is 0 Å². The molecule has 0 aromatic carbocycles. The SMILES string of the molecule is CNC(C)(C)C(=O)C1=CCCCCC1. The molecule has 0 bridgehead atoms. The van der Waals surface area contributed by atoms with Crippen molar-refractivity contribution in [2.75, 3.05) is 7.05 Å². The van der Waals surface area contributed by atoms with E-state index < -0.39 is 5.54 Å². The van der Waals surface area contributed by atoms with Gasteiger partial charge in [0.1, 0.15) is 0 Å². The Morgan fingerprint density at radius 2 is 2.07 bits per heavy atom. The molecule has 0 aliphatic heterocycles. The molecule has 1 N–H and O–H groups in total. The Balaban J connectivity index is 2.72. The number of allylic oxidation sites excluding steroid dienone is 1. The molecule has 0 unspecified atom stereocenters. The van der Waals surface area contributed by atoms with Crippen LogP contribution in [-0.4, -0.2) is 18.4 Å². The maximum atomic E-state index is 12.1. The fourth-order valence-corrected chi connectivity index (χ4v) is 1.74. The molecule has 1 aliphatic rings. The lowest BCUT2D eigenvalue weighted by Gasteiger charge is -2.23. The highest BCUT2D eigenvalue weighted by molar-refractivity contribution is 6.02. The van der Waals surface area contributed by atoms with E-state index in [0.29, 0.717) is 0 Å². The van der Waals surface area contributed by atoms with E-state index in [1.807, 2.05) is 20.9 Å². The molecule has 0 amide bonds.